The highest BCUT2D eigenvalue weighted by molar-refractivity contribution is 5.71. The lowest BCUT2D eigenvalue weighted by atomic mass is 9.83. The lowest BCUT2D eigenvalue weighted by Gasteiger charge is -2.29. The summed E-state index contributed by atoms with van der Waals surface area (Å²) in [7, 11) is 0. The van der Waals surface area contributed by atoms with E-state index in [9.17, 15) is 8.78 Å². The molecule has 0 atom stereocenters. The van der Waals surface area contributed by atoms with Crippen LogP contribution in [0.1, 0.15) is 24.0 Å². The van der Waals surface area contributed by atoms with Gasteiger partial charge in [0.15, 0.2) is 0 Å². The van der Waals surface area contributed by atoms with Crippen molar-refractivity contribution in [3.63, 3.8) is 0 Å². The number of hydrogen-bond donors (Lipinski definition) is 1. The van der Waals surface area contributed by atoms with Crippen LogP contribution in [0, 0.1) is 11.6 Å². The smallest absolute Gasteiger partial charge is 0.131 e. The number of hydrogen-bond acceptors (Lipinski definition) is 1. The molecular formula is C17H15F2N. The molecule has 1 saturated carbocycles. The molecule has 2 aromatic rings. The van der Waals surface area contributed by atoms with Gasteiger partial charge in [-0.05, 0) is 36.1 Å². The topological polar surface area (TPSA) is 12.0 Å². The average molecular weight is 271 g/mol. The summed E-state index contributed by atoms with van der Waals surface area (Å²) >= 11 is 0. The molecule has 0 radical (unpaired) electrons. The van der Waals surface area contributed by atoms with Gasteiger partial charge in [0.05, 0.1) is 0 Å². The van der Waals surface area contributed by atoms with Crippen molar-refractivity contribution in [2.24, 2.45) is 0 Å². The molecule has 1 nitrogen and oxygen atoms in total. The van der Waals surface area contributed by atoms with E-state index in [1.54, 1.807) is 18.2 Å². The van der Waals surface area contributed by atoms with E-state index in [-0.39, 0.29) is 17.0 Å². The first-order chi connectivity index (χ1) is 9.71. The second kappa shape index (κ2) is 4.13. The summed E-state index contributed by atoms with van der Waals surface area (Å²) in [6.45, 7) is 1.44. The minimum Gasteiger partial charge on any atom is -0.312 e. The van der Waals surface area contributed by atoms with Gasteiger partial charge in [0.2, 0.25) is 0 Å². The molecule has 0 bridgehead atoms. The Morgan fingerprint density at radius 3 is 2.45 bits per heavy atom. The Kier molecular flexibility index (Phi) is 2.48. The van der Waals surface area contributed by atoms with Crippen LogP contribution in [0.5, 0.6) is 0 Å². The first-order valence-corrected chi connectivity index (χ1v) is 6.99. The van der Waals surface area contributed by atoms with E-state index in [0.29, 0.717) is 12.1 Å². The maximum Gasteiger partial charge on any atom is 0.131 e. The Labute approximate surface area is 116 Å². The number of nitrogens with one attached hydrogen (secondary N) is 1. The van der Waals surface area contributed by atoms with Crippen LogP contribution in [0.25, 0.3) is 11.1 Å². The molecule has 102 valence electrons. The number of halogens is 2. The minimum absolute atomic E-state index is 0.0427. The van der Waals surface area contributed by atoms with Crippen LogP contribution in [0.2, 0.25) is 0 Å². The zero-order chi connectivity index (χ0) is 13.7. The first-order valence-electron chi connectivity index (χ1n) is 6.99. The van der Waals surface area contributed by atoms with E-state index in [2.05, 4.69) is 5.32 Å². The third-order valence-corrected chi connectivity index (χ3v) is 4.58. The molecule has 3 heteroatoms. The lowest BCUT2D eigenvalue weighted by molar-refractivity contribution is 0.492. The highest BCUT2D eigenvalue weighted by atomic mass is 19.1. The van der Waals surface area contributed by atoms with E-state index in [4.69, 9.17) is 0 Å². The van der Waals surface area contributed by atoms with E-state index in [1.165, 1.54) is 12.1 Å². The van der Waals surface area contributed by atoms with Crippen molar-refractivity contribution in [3.8, 4) is 11.1 Å². The third kappa shape index (κ3) is 1.63. The number of benzene rings is 2. The predicted molar refractivity (Wildman–Crippen MR) is 74.4 cm³/mol. The molecule has 1 fully saturated rings. The Morgan fingerprint density at radius 2 is 1.70 bits per heavy atom. The molecule has 0 amide bonds. The Bertz CT molecular complexity index is 689. The summed E-state index contributed by atoms with van der Waals surface area (Å²) in [5.74, 6) is -0.393. The maximum absolute atomic E-state index is 14.3. The van der Waals surface area contributed by atoms with Crippen LogP contribution in [0.4, 0.5) is 8.78 Å². The van der Waals surface area contributed by atoms with Crippen LogP contribution in [0.15, 0.2) is 36.4 Å². The van der Waals surface area contributed by atoms with Gasteiger partial charge in [-0.3, -0.25) is 0 Å². The van der Waals surface area contributed by atoms with Crippen LogP contribution >= 0.6 is 0 Å². The summed E-state index contributed by atoms with van der Waals surface area (Å²) in [5, 5.41) is 3.36. The second-order valence-electron chi connectivity index (χ2n) is 5.81. The highest BCUT2D eigenvalue weighted by Crippen LogP contribution is 2.52. The molecule has 1 aliphatic heterocycles. The monoisotopic (exact) mass is 271 g/mol. The summed E-state index contributed by atoms with van der Waals surface area (Å²) in [4.78, 5) is 0. The fourth-order valence-corrected chi connectivity index (χ4v) is 3.40. The van der Waals surface area contributed by atoms with Gasteiger partial charge in [-0.1, -0.05) is 24.3 Å². The first kappa shape index (κ1) is 12.0. The Balaban J connectivity index is 1.97. The Hall–Kier alpha value is -1.74. The van der Waals surface area contributed by atoms with Gasteiger partial charge in [-0.15, -0.1) is 0 Å². The lowest BCUT2D eigenvalue weighted by Crippen LogP contribution is -2.34. The molecule has 1 aliphatic carbocycles. The van der Waals surface area contributed by atoms with Gasteiger partial charge in [0.25, 0.3) is 0 Å². The Morgan fingerprint density at radius 1 is 0.900 bits per heavy atom. The van der Waals surface area contributed by atoms with Gasteiger partial charge in [0, 0.05) is 29.6 Å². The molecule has 1 heterocycles. The summed E-state index contributed by atoms with van der Waals surface area (Å²) in [5.41, 5.74) is 3.08. The highest BCUT2D eigenvalue weighted by Gasteiger charge is 2.49. The fraction of sp³-hybridized carbons (Fsp3) is 0.294. The molecule has 20 heavy (non-hydrogen) atoms. The van der Waals surface area contributed by atoms with Crippen molar-refractivity contribution in [1.82, 2.24) is 5.32 Å². The zero-order valence-electron chi connectivity index (χ0n) is 11.0. The van der Waals surface area contributed by atoms with Gasteiger partial charge < -0.3 is 5.32 Å². The van der Waals surface area contributed by atoms with Gasteiger partial charge in [-0.25, -0.2) is 8.78 Å². The van der Waals surface area contributed by atoms with Crippen molar-refractivity contribution in [3.05, 3.63) is 59.2 Å². The van der Waals surface area contributed by atoms with E-state index in [1.807, 2.05) is 6.07 Å². The van der Waals surface area contributed by atoms with Gasteiger partial charge >= 0.3 is 0 Å². The van der Waals surface area contributed by atoms with Crippen molar-refractivity contribution < 1.29 is 8.78 Å². The van der Waals surface area contributed by atoms with Crippen molar-refractivity contribution in [2.45, 2.75) is 24.8 Å². The van der Waals surface area contributed by atoms with E-state index < -0.39 is 0 Å². The predicted octanol–water partition coefficient (Wildman–Crippen LogP) is 3.77. The molecule has 1 N–H and O–H groups in total. The average Bonchev–Trinajstić information content (AvgIpc) is 3.20. The molecular weight excluding hydrogens is 256 g/mol. The summed E-state index contributed by atoms with van der Waals surface area (Å²) < 4.78 is 28.3. The van der Waals surface area contributed by atoms with Crippen LogP contribution in [-0.2, 0) is 12.0 Å². The molecule has 2 aliphatic rings. The molecule has 4 rings (SSSR count). The SMILES string of the molecule is Fc1ccccc1-c1ccc(F)c2c1CNCC21CC1. The quantitative estimate of drug-likeness (QED) is 0.832. The zero-order valence-corrected chi connectivity index (χ0v) is 11.0. The normalized spacial score (nSPS) is 18.9. The van der Waals surface area contributed by atoms with Gasteiger partial charge in [-0.2, -0.15) is 0 Å². The molecule has 0 saturated heterocycles. The van der Waals surface area contributed by atoms with E-state index >= 15 is 0 Å². The van der Waals surface area contributed by atoms with Crippen LogP contribution in [-0.4, -0.2) is 6.54 Å². The molecule has 0 aromatic heterocycles. The number of fused-ring (bicyclic) bond motifs is 2. The van der Waals surface area contributed by atoms with Crippen molar-refractivity contribution in [1.29, 1.82) is 0 Å². The minimum atomic E-state index is -0.253. The standard InChI is InChI=1S/C17H15F2N/c18-14-4-2-1-3-12(14)11-5-6-15(19)16-13(11)9-20-10-17(16)7-8-17/h1-6,20H,7-10H2. The largest absolute Gasteiger partial charge is 0.312 e. The molecule has 1 spiro atoms. The van der Waals surface area contributed by atoms with Gasteiger partial charge in [0.1, 0.15) is 11.6 Å². The van der Waals surface area contributed by atoms with E-state index in [0.717, 1.165) is 36.1 Å². The second-order valence-corrected chi connectivity index (χ2v) is 5.81. The fourth-order valence-electron chi connectivity index (χ4n) is 3.40. The molecule has 2 aromatic carbocycles. The van der Waals surface area contributed by atoms with Crippen LogP contribution in [0.3, 0.4) is 0 Å². The maximum atomic E-state index is 14.3. The van der Waals surface area contributed by atoms with Crippen LogP contribution < -0.4 is 5.32 Å². The van der Waals surface area contributed by atoms with Crippen molar-refractivity contribution in [2.75, 3.05) is 6.54 Å². The summed E-state index contributed by atoms with van der Waals surface area (Å²) in [6.07, 6.45) is 2.04. The number of rotatable bonds is 1. The van der Waals surface area contributed by atoms with Crippen molar-refractivity contribution >= 4 is 0 Å². The third-order valence-electron chi connectivity index (χ3n) is 4.58. The summed E-state index contributed by atoms with van der Waals surface area (Å²) in [6, 6.07) is 9.90. The molecule has 0 unspecified atom stereocenters.